The van der Waals surface area contributed by atoms with E-state index in [-0.39, 0.29) is 26.5 Å². The summed E-state index contributed by atoms with van der Waals surface area (Å²) in [5.41, 5.74) is 4.58. The quantitative estimate of drug-likeness (QED) is 0.486. The molecule has 0 aliphatic carbocycles. The molecule has 3 aromatic heterocycles. The van der Waals surface area contributed by atoms with E-state index < -0.39 is 23.7 Å². The molecule has 0 unspecified atom stereocenters. The summed E-state index contributed by atoms with van der Waals surface area (Å²) >= 11 is 0.855. The van der Waals surface area contributed by atoms with E-state index in [0.29, 0.717) is 12.2 Å². The fourth-order valence-corrected chi connectivity index (χ4v) is 4.04. The Hall–Kier alpha value is -3.67. The zero-order valence-electron chi connectivity index (χ0n) is 16.0. The van der Waals surface area contributed by atoms with Crippen LogP contribution in [0.2, 0.25) is 0 Å². The van der Waals surface area contributed by atoms with Crippen LogP contribution in [0.15, 0.2) is 42.6 Å². The molecule has 0 bridgehead atoms. The van der Waals surface area contributed by atoms with Gasteiger partial charge in [-0.25, -0.2) is 4.68 Å². The molecule has 0 atom stereocenters. The van der Waals surface area contributed by atoms with Crippen LogP contribution in [0.25, 0.3) is 15.9 Å². The molecule has 31 heavy (non-hydrogen) atoms. The van der Waals surface area contributed by atoms with Crippen molar-refractivity contribution in [1.82, 2.24) is 19.6 Å². The van der Waals surface area contributed by atoms with E-state index in [1.165, 1.54) is 10.9 Å². The van der Waals surface area contributed by atoms with Gasteiger partial charge in [0, 0.05) is 18.1 Å². The summed E-state index contributed by atoms with van der Waals surface area (Å²) in [5.74, 6) is -1.52. The fourth-order valence-electron chi connectivity index (χ4n) is 3.01. The van der Waals surface area contributed by atoms with Crippen LogP contribution in [-0.2, 0) is 12.7 Å². The van der Waals surface area contributed by atoms with Gasteiger partial charge >= 0.3 is 6.18 Å². The first-order valence-electron chi connectivity index (χ1n) is 9.02. The number of rotatable bonds is 5. The summed E-state index contributed by atoms with van der Waals surface area (Å²) in [6.07, 6.45) is -3.27. The second-order valence-corrected chi connectivity index (χ2v) is 7.52. The molecule has 0 saturated heterocycles. The number of aryl methyl sites for hydroxylation is 1. The third-order valence-corrected chi connectivity index (χ3v) is 5.53. The lowest BCUT2D eigenvalue weighted by molar-refractivity contribution is -0.140. The number of hydrogen-bond acceptors (Lipinski definition) is 5. The average molecular weight is 448 g/mol. The Bertz CT molecular complexity index is 1290. The average Bonchev–Trinajstić information content (AvgIpc) is 3.40. The molecule has 0 saturated carbocycles. The molecule has 4 rings (SSSR count). The number of benzene rings is 1. The van der Waals surface area contributed by atoms with Gasteiger partial charge in [0.2, 0.25) is 0 Å². The number of halogens is 3. The molecule has 12 heteroatoms. The molecular formula is C19H15F3N6O2S. The van der Waals surface area contributed by atoms with Crippen molar-refractivity contribution < 1.29 is 22.8 Å². The lowest BCUT2D eigenvalue weighted by atomic mass is 10.2. The van der Waals surface area contributed by atoms with Crippen molar-refractivity contribution >= 4 is 39.1 Å². The molecule has 0 radical (unpaired) electrons. The predicted octanol–water partition coefficient (Wildman–Crippen LogP) is 3.67. The van der Waals surface area contributed by atoms with Gasteiger partial charge in [-0.2, -0.15) is 23.4 Å². The Morgan fingerprint density at radius 3 is 2.52 bits per heavy atom. The van der Waals surface area contributed by atoms with Gasteiger partial charge in [0.15, 0.2) is 11.4 Å². The predicted molar refractivity (Wildman–Crippen MR) is 108 cm³/mol. The van der Waals surface area contributed by atoms with Crippen molar-refractivity contribution in [1.29, 1.82) is 0 Å². The third kappa shape index (κ3) is 3.77. The smallest absolute Gasteiger partial charge is 0.364 e. The number of thiophene rings is 1. The van der Waals surface area contributed by atoms with Gasteiger partial charge in [-0.1, -0.05) is 18.2 Å². The molecule has 1 aromatic carbocycles. The Labute approximate surface area is 177 Å². The van der Waals surface area contributed by atoms with E-state index in [1.54, 1.807) is 37.3 Å². The van der Waals surface area contributed by atoms with Crippen molar-refractivity contribution in [2.75, 3.05) is 5.32 Å². The Morgan fingerprint density at radius 1 is 1.19 bits per heavy atom. The Balaban J connectivity index is 1.77. The zero-order chi connectivity index (χ0) is 22.3. The fraction of sp³-hybridized carbons (Fsp3) is 0.158. The lowest BCUT2D eigenvalue weighted by Gasteiger charge is -2.04. The molecule has 8 nitrogen and oxygen atoms in total. The summed E-state index contributed by atoms with van der Waals surface area (Å²) in [6.45, 7) is 2.21. The van der Waals surface area contributed by atoms with Crippen LogP contribution in [0, 0.1) is 0 Å². The van der Waals surface area contributed by atoms with E-state index >= 15 is 0 Å². The van der Waals surface area contributed by atoms with Crippen molar-refractivity contribution in [2.45, 2.75) is 19.6 Å². The summed E-state index contributed by atoms with van der Waals surface area (Å²) in [7, 11) is 0. The largest absolute Gasteiger partial charge is 0.435 e. The monoisotopic (exact) mass is 448 g/mol. The molecule has 0 spiro atoms. The highest BCUT2D eigenvalue weighted by atomic mass is 32.1. The van der Waals surface area contributed by atoms with Crippen LogP contribution >= 0.6 is 11.3 Å². The SMILES string of the molecule is CCn1cc(NC(=O)c2cc3c(C(F)(F)F)nn(-c4ccccc4)c3s2)c(C(N)=O)n1. The first-order chi connectivity index (χ1) is 14.7. The molecule has 0 fully saturated rings. The topological polar surface area (TPSA) is 108 Å². The number of nitrogens with two attached hydrogens (primary N) is 1. The van der Waals surface area contributed by atoms with Gasteiger partial charge in [-0.3, -0.25) is 14.3 Å². The lowest BCUT2D eigenvalue weighted by Crippen LogP contribution is -2.17. The maximum atomic E-state index is 13.6. The Morgan fingerprint density at radius 2 is 1.90 bits per heavy atom. The number of hydrogen-bond donors (Lipinski definition) is 2. The number of nitrogens with zero attached hydrogens (tertiary/aromatic N) is 4. The van der Waals surface area contributed by atoms with Gasteiger partial charge in [-0.05, 0) is 25.1 Å². The number of alkyl halides is 3. The minimum absolute atomic E-state index is 0.0160. The van der Waals surface area contributed by atoms with E-state index in [2.05, 4.69) is 15.5 Å². The second kappa shape index (κ2) is 7.54. The van der Waals surface area contributed by atoms with E-state index in [1.807, 2.05) is 0 Å². The number of carbonyl (C=O) groups excluding carboxylic acids is 2. The van der Waals surface area contributed by atoms with Gasteiger partial charge < -0.3 is 11.1 Å². The van der Waals surface area contributed by atoms with Crippen LogP contribution in [-0.4, -0.2) is 31.4 Å². The number of fused-ring (bicyclic) bond motifs is 1. The van der Waals surface area contributed by atoms with E-state index in [0.717, 1.165) is 22.1 Å². The van der Waals surface area contributed by atoms with E-state index in [9.17, 15) is 22.8 Å². The highest BCUT2D eigenvalue weighted by Crippen LogP contribution is 2.39. The molecule has 2 amide bonds. The van der Waals surface area contributed by atoms with Crippen molar-refractivity contribution in [2.24, 2.45) is 5.73 Å². The highest BCUT2D eigenvalue weighted by Gasteiger charge is 2.38. The van der Waals surface area contributed by atoms with Crippen LogP contribution < -0.4 is 11.1 Å². The first-order valence-corrected chi connectivity index (χ1v) is 9.84. The number of amides is 2. The van der Waals surface area contributed by atoms with Crippen LogP contribution in [0.5, 0.6) is 0 Å². The number of aromatic nitrogens is 4. The number of anilines is 1. The number of para-hydroxylation sites is 1. The van der Waals surface area contributed by atoms with E-state index in [4.69, 9.17) is 5.73 Å². The number of carbonyl (C=O) groups is 2. The normalized spacial score (nSPS) is 11.7. The minimum Gasteiger partial charge on any atom is -0.364 e. The summed E-state index contributed by atoms with van der Waals surface area (Å²) < 4.78 is 43.2. The maximum absolute atomic E-state index is 13.6. The molecule has 0 aliphatic rings. The molecular weight excluding hydrogens is 433 g/mol. The van der Waals surface area contributed by atoms with Gasteiger partial charge in [0.1, 0.15) is 4.83 Å². The van der Waals surface area contributed by atoms with Crippen LogP contribution in [0.4, 0.5) is 18.9 Å². The maximum Gasteiger partial charge on any atom is 0.435 e. The standard InChI is InChI=1S/C19H15F3N6O2S/c1-2-27-9-12(14(25-27)16(23)29)24-17(30)13-8-11-15(19(20,21)22)26-28(18(11)31-13)10-6-4-3-5-7-10/h3-9H,2H2,1H3,(H2,23,29)(H,24,30). The molecule has 160 valence electrons. The summed E-state index contributed by atoms with van der Waals surface area (Å²) in [4.78, 5) is 24.5. The van der Waals surface area contributed by atoms with Gasteiger partial charge in [0.05, 0.1) is 16.3 Å². The van der Waals surface area contributed by atoms with Crippen molar-refractivity contribution in [3.63, 3.8) is 0 Å². The summed E-state index contributed by atoms with van der Waals surface area (Å²) in [5, 5.41) is 10.0. The molecule has 3 heterocycles. The zero-order valence-corrected chi connectivity index (χ0v) is 16.8. The molecule has 0 aliphatic heterocycles. The third-order valence-electron chi connectivity index (χ3n) is 4.42. The highest BCUT2D eigenvalue weighted by molar-refractivity contribution is 7.20. The van der Waals surface area contributed by atoms with Gasteiger partial charge in [-0.15, -0.1) is 11.3 Å². The van der Waals surface area contributed by atoms with Crippen molar-refractivity contribution in [3.8, 4) is 5.69 Å². The van der Waals surface area contributed by atoms with Crippen LogP contribution in [0.1, 0.15) is 32.8 Å². The molecule has 3 N–H and O–H groups in total. The summed E-state index contributed by atoms with van der Waals surface area (Å²) in [6, 6.07) is 9.45. The number of primary amides is 1. The number of nitrogens with one attached hydrogen (secondary N) is 1. The first kappa shape index (κ1) is 20.6. The second-order valence-electron chi connectivity index (χ2n) is 6.49. The van der Waals surface area contributed by atoms with Crippen LogP contribution in [0.3, 0.4) is 0 Å². The minimum atomic E-state index is -4.70. The van der Waals surface area contributed by atoms with Gasteiger partial charge in [0.25, 0.3) is 11.8 Å². The molecule has 4 aromatic rings. The Kier molecular flexibility index (Phi) is 5.01. The van der Waals surface area contributed by atoms with Crippen molar-refractivity contribution in [3.05, 3.63) is 58.9 Å².